The van der Waals surface area contributed by atoms with Gasteiger partial charge in [0.1, 0.15) is 0 Å². The molecule has 1 aromatic heterocycles. The molecule has 0 amide bonds. The van der Waals surface area contributed by atoms with Crippen molar-refractivity contribution < 1.29 is 0 Å². The number of hydrogen-bond donors (Lipinski definition) is 3. The van der Waals surface area contributed by atoms with Crippen molar-refractivity contribution in [2.75, 3.05) is 0 Å². The molecule has 0 unspecified atom stereocenters. The van der Waals surface area contributed by atoms with Crippen molar-refractivity contribution in [2.45, 2.75) is 0 Å². The van der Waals surface area contributed by atoms with Crippen molar-refractivity contribution >= 4 is 6.08 Å². The maximum Gasteiger partial charge on any atom is 0.348 e. The molecule has 0 spiro atoms. The zero-order chi connectivity index (χ0) is 11.5. The molecule has 6 heteroatoms. The second kappa shape index (κ2) is 3.93. The largest absolute Gasteiger partial charge is 0.405 e. The van der Waals surface area contributed by atoms with E-state index in [9.17, 15) is 9.59 Å². The third-order valence-electron chi connectivity index (χ3n) is 2.12. The summed E-state index contributed by atoms with van der Waals surface area (Å²) in [6.45, 7) is 0. The molecule has 0 saturated carbocycles. The van der Waals surface area contributed by atoms with Crippen LogP contribution < -0.4 is 17.1 Å². The van der Waals surface area contributed by atoms with E-state index in [-0.39, 0.29) is 0 Å². The van der Waals surface area contributed by atoms with Crippen molar-refractivity contribution in [1.82, 2.24) is 14.8 Å². The number of aromatic nitrogens is 3. The molecule has 82 valence electrons. The van der Waals surface area contributed by atoms with Gasteiger partial charge in [-0.1, -0.05) is 12.1 Å². The van der Waals surface area contributed by atoms with Crippen LogP contribution in [0.25, 0.3) is 11.8 Å². The monoisotopic (exact) mass is 218 g/mol. The summed E-state index contributed by atoms with van der Waals surface area (Å²) in [5.74, 6) is 0. The third kappa shape index (κ3) is 1.68. The lowest BCUT2D eigenvalue weighted by molar-refractivity contribution is 0.952. The smallest absolute Gasteiger partial charge is 0.348 e. The first kappa shape index (κ1) is 10.0. The van der Waals surface area contributed by atoms with Crippen molar-refractivity contribution in [3.8, 4) is 5.69 Å². The molecule has 16 heavy (non-hydrogen) atoms. The lowest BCUT2D eigenvalue weighted by Crippen LogP contribution is -2.24. The molecule has 0 radical (unpaired) electrons. The molecule has 6 nitrogen and oxygen atoms in total. The van der Waals surface area contributed by atoms with Gasteiger partial charge in [0, 0.05) is 0 Å². The van der Waals surface area contributed by atoms with Crippen molar-refractivity contribution in [3.05, 3.63) is 57.0 Å². The van der Waals surface area contributed by atoms with Gasteiger partial charge in [-0.2, -0.15) is 0 Å². The van der Waals surface area contributed by atoms with Crippen LogP contribution in [0, 0.1) is 0 Å². The molecular weight excluding hydrogens is 208 g/mol. The van der Waals surface area contributed by atoms with E-state index >= 15 is 0 Å². The Morgan fingerprint density at radius 3 is 2.12 bits per heavy atom. The van der Waals surface area contributed by atoms with E-state index in [1.807, 2.05) is 0 Å². The normalized spacial score (nSPS) is 11.0. The van der Waals surface area contributed by atoms with E-state index in [2.05, 4.69) is 10.2 Å². The van der Waals surface area contributed by atoms with Gasteiger partial charge in [-0.25, -0.2) is 24.4 Å². The first-order valence-electron chi connectivity index (χ1n) is 4.61. The Hall–Kier alpha value is -2.50. The van der Waals surface area contributed by atoms with Crippen LogP contribution in [0.5, 0.6) is 0 Å². The molecule has 4 N–H and O–H groups in total. The van der Waals surface area contributed by atoms with Crippen LogP contribution in [0.4, 0.5) is 0 Å². The van der Waals surface area contributed by atoms with E-state index in [0.717, 1.165) is 10.1 Å². The zero-order valence-corrected chi connectivity index (χ0v) is 8.31. The summed E-state index contributed by atoms with van der Waals surface area (Å²) in [6.07, 6.45) is 3.14. The third-order valence-corrected chi connectivity index (χ3v) is 2.12. The average molecular weight is 218 g/mol. The highest BCUT2D eigenvalue weighted by molar-refractivity contribution is 5.51. The summed E-state index contributed by atoms with van der Waals surface area (Å²) < 4.78 is 1.01. The summed E-state index contributed by atoms with van der Waals surface area (Å²) in [7, 11) is 0. The first-order valence-corrected chi connectivity index (χ1v) is 4.61. The molecule has 1 aromatic carbocycles. The number of hydrogen-bond acceptors (Lipinski definition) is 3. The summed E-state index contributed by atoms with van der Waals surface area (Å²) >= 11 is 0. The van der Waals surface area contributed by atoms with Crippen molar-refractivity contribution in [3.63, 3.8) is 0 Å². The Kier molecular flexibility index (Phi) is 2.47. The topological polar surface area (TPSA) is 96.7 Å². The summed E-state index contributed by atoms with van der Waals surface area (Å²) in [5.41, 5.74) is 5.66. The minimum absolute atomic E-state index is 0.493. The van der Waals surface area contributed by atoms with Crippen molar-refractivity contribution in [1.29, 1.82) is 0 Å². The minimum Gasteiger partial charge on any atom is -0.405 e. The van der Waals surface area contributed by atoms with Gasteiger partial charge in [-0.15, -0.1) is 0 Å². The molecule has 0 fully saturated rings. The Morgan fingerprint density at radius 2 is 1.62 bits per heavy atom. The lowest BCUT2D eigenvalue weighted by atomic mass is 10.2. The van der Waals surface area contributed by atoms with Crippen LogP contribution >= 0.6 is 0 Å². The highest BCUT2D eigenvalue weighted by Crippen LogP contribution is 2.06. The van der Waals surface area contributed by atoms with Gasteiger partial charge in [-0.3, -0.25) is 0 Å². The van der Waals surface area contributed by atoms with Gasteiger partial charge in [-0.05, 0) is 30.0 Å². The molecule has 2 rings (SSSR count). The second-order valence-corrected chi connectivity index (χ2v) is 3.15. The molecular formula is C10H10N4O2. The van der Waals surface area contributed by atoms with Crippen molar-refractivity contribution in [2.24, 2.45) is 5.73 Å². The minimum atomic E-state index is -0.493. The SMILES string of the molecule is NC=Cc1ccc(-n2c(=O)[nH][nH]c2=O)cc1. The Morgan fingerprint density at radius 1 is 1.06 bits per heavy atom. The van der Waals surface area contributed by atoms with Gasteiger partial charge in [0.25, 0.3) is 0 Å². The number of nitrogens with two attached hydrogens (primary N) is 1. The number of aromatic amines is 2. The highest BCUT2D eigenvalue weighted by Gasteiger charge is 2.04. The highest BCUT2D eigenvalue weighted by atomic mass is 16.2. The Bertz CT molecular complexity index is 588. The number of nitrogens with one attached hydrogen (secondary N) is 2. The molecule has 0 aliphatic carbocycles. The standard InChI is InChI=1S/C10H10N4O2/c11-6-5-7-1-3-8(4-2-7)14-9(15)12-13-10(14)16/h1-6H,11H2,(H,12,15)(H,13,16). The predicted molar refractivity (Wildman–Crippen MR) is 60.2 cm³/mol. The van der Waals surface area contributed by atoms with Gasteiger partial charge < -0.3 is 5.73 Å². The van der Waals surface area contributed by atoms with Gasteiger partial charge in [0.2, 0.25) is 0 Å². The fourth-order valence-corrected chi connectivity index (χ4v) is 1.39. The average Bonchev–Trinajstić information content (AvgIpc) is 2.61. The molecule has 0 atom stereocenters. The fraction of sp³-hybridized carbons (Fsp3) is 0. The van der Waals surface area contributed by atoms with Gasteiger partial charge in [0.15, 0.2) is 0 Å². The molecule has 0 saturated heterocycles. The van der Waals surface area contributed by atoms with E-state index in [1.165, 1.54) is 6.20 Å². The predicted octanol–water partition coefficient (Wildman–Crippen LogP) is -0.217. The van der Waals surface area contributed by atoms with E-state index in [1.54, 1.807) is 30.3 Å². The molecule has 0 aliphatic heterocycles. The number of rotatable bonds is 2. The summed E-state index contributed by atoms with van der Waals surface area (Å²) in [4.78, 5) is 22.6. The van der Waals surface area contributed by atoms with E-state index < -0.39 is 11.4 Å². The van der Waals surface area contributed by atoms with Crippen LogP contribution in [0.15, 0.2) is 40.1 Å². The fourth-order valence-electron chi connectivity index (χ4n) is 1.39. The maximum atomic E-state index is 11.3. The lowest BCUT2D eigenvalue weighted by Gasteiger charge is -1.99. The maximum absolute atomic E-state index is 11.3. The number of nitrogens with zero attached hydrogens (tertiary/aromatic N) is 1. The molecule has 0 aliphatic rings. The molecule has 2 aromatic rings. The number of benzene rings is 1. The first-order chi connectivity index (χ1) is 7.72. The second-order valence-electron chi connectivity index (χ2n) is 3.15. The van der Waals surface area contributed by atoms with Crippen LogP contribution in [0.2, 0.25) is 0 Å². The van der Waals surface area contributed by atoms with Crippen LogP contribution in [-0.4, -0.2) is 14.8 Å². The van der Waals surface area contributed by atoms with E-state index in [4.69, 9.17) is 5.73 Å². The quantitative estimate of drug-likeness (QED) is 0.650. The Labute approximate surface area is 90.0 Å². The zero-order valence-electron chi connectivity index (χ0n) is 8.31. The summed E-state index contributed by atoms with van der Waals surface area (Å²) in [6, 6.07) is 6.86. The Balaban J connectivity index is 2.50. The van der Waals surface area contributed by atoms with Gasteiger partial charge in [0.05, 0.1) is 5.69 Å². The summed E-state index contributed by atoms with van der Waals surface area (Å²) in [5, 5.41) is 4.42. The number of H-pyrrole nitrogens is 2. The molecule has 0 bridgehead atoms. The van der Waals surface area contributed by atoms with Crippen LogP contribution in [0.3, 0.4) is 0 Å². The van der Waals surface area contributed by atoms with Crippen LogP contribution in [-0.2, 0) is 0 Å². The van der Waals surface area contributed by atoms with E-state index in [0.29, 0.717) is 5.69 Å². The molecule has 1 heterocycles. The van der Waals surface area contributed by atoms with Crippen LogP contribution in [0.1, 0.15) is 5.56 Å². The van der Waals surface area contributed by atoms with Gasteiger partial charge >= 0.3 is 11.4 Å².